The molecule has 0 heterocycles. The van der Waals surface area contributed by atoms with Gasteiger partial charge in [0.05, 0.1) is 7.11 Å². The molecule has 2 aromatic carbocycles. The highest BCUT2D eigenvalue weighted by molar-refractivity contribution is 6.30. The van der Waals surface area contributed by atoms with Crippen LogP contribution in [0.25, 0.3) is 0 Å². The molecule has 0 aliphatic carbocycles. The fourth-order valence-corrected chi connectivity index (χ4v) is 2.12. The Balaban J connectivity index is 2.44. The van der Waals surface area contributed by atoms with Crippen LogP contribution in [0.4, 0.5) is 0 Å². The van der Waals surface area contributed by atoms with Gasteiger partial charge in [-0.25, -0.2) is 0 Å². The molecular formula is C15H15ClO2. The van der Waals surface area contributed by atoms with Crippen molar-refractivity contribution < 1.29 is 9.84 Å². The van der Waals surface area contributed by atoms with Gasteiger partial charge in [-0.2, -0.15) is 0 Å². The maximum atomic E-state index is 10.4. The predicted molar refractivity (Wildman–Crippen MR) is 73.2 cm³/mol. The third-order valence-corrected chi connectivity index (χ3v) is 3.08. The van der Waals surface area contributed by atoms with Crippen LogP contribution in [0.2, 0.25) is 5.02 Å². The molecule has 1 atom stereocenters. The van der Waals surface area contributed by atoms with Crippen LogP contribution in [-0.2, 0) is 0 Å². The minimum absolute atomic E-state index is 0.609. The first-order chi connectivity index (χ1) is 8.61. The molecule has 0 aromatic heterocycles. The first-order valence-electron chi connectivity index (χ1n) is 5.70. The van der Waals surface area contributed by atoms with Crippen LogP contribution >= 0.6 is 11.6 Å². The Kier molecular flexibility index (Phi) is 3.90. The zero-order valence-electron chi connectivity index (χ0n) is 10.4. The summed E-state index contributed by atoms with van der Waals surface area (Å²) in [7, 11) is 1.60. The normalized spacial score (nSPS) is 12.2. The van der Waals surface area contributed by atoms with E-state index < -0.39 is 6.10 Å². The lowest BCUT2D eigenvalue weighted by Gasteiger charge is -2.16. The Morgan fingerprint density at radius 1 is 1.17 bits per heavy atom. The molecule has 0 spiro atoms. The largest absolute Gasteiger partial charge is 0.496 e. The van der Waals surface area contributed by atoms with Crippen LogP contribution in [0.5, 0.6) is 5.75 Å². The lowest BCUT2D eigenvalue weighted by atomic mass is 9.99. The van der Waals surface area contributed by atoms with Gasteiger partial charge < -0.3 is 9.84 Å². The standard InChI is InChI=1S/C15H15ClO2/c1-10-6-7-14(18-2)13(8-10)15(17)11-4-3-5-12(16)9-11/h3-9,15,17H,1-2H3. The maximum Gasteiger partial charge on any atom is 0.125 e. The van der Waals surface area contributed by atoms with Gasteiger partial charge in [0.15, 0.2) is 0 Å². The summed E-state index contributed by atoms with van der Waals surface area (Å²) in [6.07, 6.45) is -0.737. The highest BCUT2D eigenvalue weighted by Crippen LogP contribution is 2.31. The molecule has 3 heteroatoms. The van der Waals surface area contributed by atoms with Crippen LogP contribution in [0.1, 0.15) is 22.8 Å². The molecule has 1 unspecified atom stereocenters. The monoisotopic (exact) mass is 262 g/mol. The van der Waals surface area contributed by atoms with Crippen molar-refractivity contribution in [1.29, 1.82) is 0 Å². The van der Waals surface area contributed by atoms with Gasteiger partial charge in [-0.05, 0) is 36.8 Å². The van der Waals surface area contributed by atoms with Gasteiger partial charge in [-0.15, -0.1) is 0 Å². The number of aryl methyl sites for hydroxylation is 1. The third-order valence-electron chi connectivity index (χ3n) is 2.84. The molecule has 0 aliphatic rings. The van der Waals surface area contributed by atoms with Crippen molar-refractivity contribution in [3.05, 3.63) is 64.2 Å². The van der Waals surface area contributed by atoms with E-state index in [1.165, 1.54) is 0 Å². The van der Waals surface area contributed by atoms with Gasteiger partial charge in [0, 0.05) is 10.6 Å². The third kappa shape index (κ3) is 2.66. The average molecular weight is 263 g/mol. The molecule has 0 bridgehead atoms. The van der Waals surface area contributed by atoms with Crippen LogP contribution in [-0.4, -0.2) is 12.2 Å². The van der Waals surface area contributed by atoms with E-state index in [0.29, 0.717) is 10.8 Å². The maximum absolute atomic E-state index is 10.4. The molecule has 0 saturated carbocycles. The van der Waals surface area contributed by atoms with E-state index >= 15 is 0 Å². The quantitative estimate of drug-likeness (QED) is 0.913. The van der Waals surface area contributed by atoms with E-state index in [0.717, 1.165) is 16.7 Å². The van der Waals surface area contributed by atoms with Gasteiger partial charge in [0.2, 0.25) is 0 Å². The lowest BCUT2D eigenvalue weighted by Crippen LogP contribution is -2.02. The van der Waals surface area contributed by atoms with Crippen LogP contribution in [0.3, 0.4) is 0 Å². The second kappa shape index (κ2) is 5.42. The molecule has 0 radical (unpaired) electrons. The summed E-state index contributed by atoms with van der Waals surface area (Å²) in [6, 6.07) is 12.9. The fraction of sp³-hybridized carbons (Fsp3) is 0.200. The number of ether oxygens (including phenoxy) is 1. The number of hydrogen-bond acceptors (Lipinski definition) is 2. The number of aliphatic hydroxyl groups excluding tert-OH is 1. The van der Waals surface area contributed by atoms with Crippen molar-refractivity contribution in [3.8, 4) is 5.75 Å². The molecule has 94 valence electrons. The number of halogens is 1. The Hall–Kier alpha value is -1.51. The smallest absolute Gasteiger partial charge is 0.125 e. The SMILES string of the molecule is COc1ccc(C)cc1C(O)c1cccc(Cl)c1. The van der Waals surface area contributed by atoms with Crippen LogP contribution in [0.15, 0.2) is 42.5 Å². The van der Waals surface area contributed by atoms with Crippen molar-refractivity contribution >= 4 is 11.6 Å². The molecule has 18 heavy (non-hydrogen) atoms. The summed E-state index contributed by atoms with van der Waals surface area (Å²) in [5.41, 5.74) is 2.58. The van der Waals surface area contributed by atoms with Gasteiger partial charge in [-0.3, -0.25) is 0 Å². The minimum Gasteiger partial charge on any atom is -0.496 e. The summed E-state index contributed by atoms with van der Waals surface area (Å²) in [4.78, 5) is 0. The van der Waals surface area contributed by atoms with E-state index in [4.69, 9.17) is 16.3 Å². The number of hydrogen-bond donors (Lipinski definition) is 1. The van der Waals surface area contributed by atoms with E-state index in [9.17, 15) is 5.11 Å². The first kappa shape index (κ1) is 12.9. The molecule has 2 rings (SSSR count). The molecule has 2 nitrogen and oxygen atoms in total. The Labute approximate surface area is 112 Å². The van der Waals surface area contributed by atoms with Crippen molar-refractivity contribution in [3.63, 3.8) is 0 Å². The van der Waals surface area contributed by atoms with E-state index in [1.54, 1.807) is 19.2 Å². The van der Waals surface area contributed by atoms with E-state index in [1.807, 2.05) is 37.3 Å². The zero-order valence-corrected chi connectivity index (χ0v) is 11.1. The molecule has 0 amide bonds. The fourth-order valence-electron chi connectivity index (χ4n) is 1.92. The van der Waals surface area contributed by atoms with Crippen molar-refractivity contribution in [2.45, 2.75) is 13.0 Å². The van der Waals surface area contributed by atoms with E-state index in [2.05, 4.69) is 0 Å². The van der Waals surface area contributed by atoms with E-state index in [-0.39, 0.29) is 0 Å². The highest BCUT2D eigenvalue weighted by Gasteiger charge is 2.15. The summed E-state index contributed by atoms with van der Waals surface area (Å²) in [5.74, 6) is 0.674. The van der Waals surface area contributed by atoms with Crippen molar-refractivity contribution in [2.75, 3.05) is 7.11 Å². The lowest BCUT2D eigenvalue weighted by molar-refractivity contribution is 0.214. The summed E-state index contributed by atoms with van der Waals surface area (Å²) >= 11 is 5.94. The molecular weight excluding hydrogens is 248 g/mol. The Bertz CT molecular complexity index is 552. The summed E-state index contributed by atoms with van der Waals surface area (Å²) in [6.45, 7) is 1.98. The number of aliphatic hydroxyl groups is 1. The van der Waals surface area contributed by atoms with Gasteiger partial charge in [-0.1, -0.05) is 35.4 Å². The first-order valence-corrected chi connectivity index (χ1v) is 6.07. The average Bonchev–Trinajstić information content (AvgIpc) is 2.38. The number of methoxy groups -OCH3 is 1. The van der Waals surface area contributed by atoms with Gasteiger partial charge in [0.25, 0.3) is 0 Å². The second-order valence-electron chi connectivity index (χ2n) is 4.20. The van der Waals surface area contributed by atoms with Gasteiger partial charge in [0.1, 0.15) is 11.9 Å². The van der Waals surface area contributed by atoms with Crippen LogP contribution < -0.4 is 4.74 Å². The topological polar surface area (TPSA) is 29.5 Å². The van der Waals surface area contributed by atoms with Crippen molar-refractivity contribution in [2.24, 2.45) is 0 Å². The molecule has 2 aromatic rings. The molecule has 1 N–H and O–H groups in total. The molecule has 0 aliphatic heterocycles. The Morgan fingerprint density at radius 3 is 2.61 bits per heavy atom. The van der Waals surface area contributed by atoms with Crippen molar-refractivity contribution in [1.82, 2.24) is 0 Å². The number of rotatable bonds is 3. The van der Waals surface area contributed by atoms with Gasteiger partial charge >= 0.3 is 0 Å². The number of benzene rings is 2. The summed E-state index contributed by atoms with van der Waals surface area (Å²) in [5, 5.41) is 11.0. The minimum atomic E-state index is -0.737. The Morgan fingerprint density at radius 2 is 1.94 bits per heavy atom. The highest BCUT2D eigenvalue weighted by atomic mass is 35.5. The second-order valence-corrected chi connectivity index (χ2v) is 4.64. The molecule has 0 saturated heterocycles. The zero-order chi connectivity index (χ0) is 13.1. The summed E-state index contributed by atoms with van der Waals surface area (Å²) < 4.78 is 5.28. The predicted octanol–water partition coefficient (Wildman–Crippen LogP) is 3.74. The molecule has 0 fully saturated rings. The van der Waals surface area contributed by atoms with Crippen LogP contribution in [0, 0.1) is 6.92 Å².